The SMILES string of the molecule is CC(C)CC(C(=O)NCCc1ccc(O)cc1)N1C(=O)C2Cc3ccccc3CN2C(=O)C1Cc1ccc(O)cc1. The minimum Gasteiger partial charge on any atom is -0.508 e. The van der Waals surface area contributed by atoms with Crippen molar-refractivity contribution >= 4 is 17.7 Å². The topological polar surface area (TPSA) is 110 Å². The van der Waals surface area contributed by atoms with Crippen molar-refractivity contribution < 1.29 is 24.6 Å². The Bertz CT molecular complexity index is 1400. The number of carbonyl (C=O) groups excluding carboxylic acids is 3. The Morgan fingerprint density at radius 2 is 1.49 bits per heavy atom. The molecule has 41 heavy (non-hydrogen) atoms. The second-order valence-corrected chi connectivity index (χ2v) is 11.4. The van der Waals surface area contributed by atoms with Gasteiger partial charge in [0.05, 0.1) is 0 Å². The number of aromatic hydroxyl groups is 2. The molecule has 0 spiro atoms. The Morgan fingerprint density at radius 1 is 0.878 bits per heavy atom. The van der Waals surface area contributed by atoms with Crippen molar-refractivity contribution in [2.75, 3.05) is 6.54 Å². The molecule has 3 aromatic carbocycles. The van der Waals surface area contributed by atoms with Crippen LogP contribution in [0.4, 0.5) is 0 Å². The third kappa shape index (κ3) is 6.21. The highest BCUT2D eigenvalue weighted by Gasteiger charge is 2.51. The summed E-state index contributed by atoms with van der Waals surface area (Å²) in [6, 6.07) is 19.0. The highest BCUT2D eigenvalue weighted by atomic mass is 16.3. The zero-order valence-corrected chi connectivity index (χ0v) is 23.5. The Balaban J connectivity index is 1.45. The van der Waals surface area contributed by atoms with Crippen molar-refractivity contribution in [2.24, 2.45) is 5.92 Å². The van der Waals surface area contributed by atoms with Crippen molar-refractivity contribution in [3.63, 3.8) is 0 Å². The van der Waals surface area contributed by atoms with Gasteiger partial charge in [0, 0.05) is 25.9 Å². The fourth-order valence-electron chi connectivity index (χ4n) is 5.93. The third-order valence-electron chi connectivity index (χ3n) is 8.04. The highest BCUT2D eigenvalue weighted by Crippen LogP contribution is 2.33. The molecule has 3 atom stereocenters. The van der Waals surface area contributed by atoms with E-state index in [-0.39, 0.29) is 41.6 Å². The average Bonchev–Trinajstić information content (AvgIpc) is 2.96. The zero-order valence-electron chi connectivity index (χ0n) is 23.5. The first-order valence-electron chi connectivity index (χ1n) is 14.2. The number of amides is 3. The summed E-state index contributed by atoms with van der Waals surface area (Å²) in [4.78, 5) is 45.5. The smallest absolute Gasteiger partial charge is 0.247 e. The average molecular weight is 556 g/mol. The summed E-state index contributed by atoms with van der Waals surface area (Å²) in [5, 5.41) is 22.3. The number of piperazine rings is 1. The predicted octanol–water partition coefficient (Wildman–Crippen LogP) is 3.58. The maximum Gasteiger partial charge on any atom is 0.247 e. The lowest BCUT2D eigenvalue weighted by Crippen LogP contribution is -2.70. The molecule has 5 rings (SSSR count). The molecule has 0 bridgehead atoms. The number of nitrogens with zero attached hydrogens (tertiary/aromatic N) is 2. The maximum absolute atomic E-state index is 14.3. The predicted molar refractivity (Wildman–Crippen MR) is 155 cm³/mol. The van der Waals surface area contributed by atoms with Gasteiger partial charge in [-0.3, -0.25) is 14.4 Å². The van der Waals surface area contributed by atoms with Crippen molar-refractivity contribution in [1.29, 1.82) is 0 Å². The molecule has 1 saturated heterocycles. The number of phenolic OH excluding ortho intramolecular Hbond substituents is 2. The molecule has 214 valence electrons. The van der Waals surface area contributed by atoms with Gasteiger partial charge in [0.1, 0.15) is 29.6 Å². The number of carbonyl (C=O) groups is 3. The van der Waals surface area contributed by atoms with Crippen LogP contribution >= 0.6 is 0 Å². The van der Waals surface area contributed by atoms with E-state index in [1.54, 1.807) is 46.2 Å². The zero-order chi connectivity index (χ0) is 29.1. The molecule has 2 aliphatic rings. The Morgan fingerprint density at radius 3 is 2.12 bits per heavy atom. The van der Waals surface area contributed by atoms with E-state index >= 15 is 0 Å². The van der Waals surface area contributed by atoms with Gasteiger partial charge in [-0.05, 0) is 65.3 Å². The molecular formula is C33H37N3O5. The quantitative estimate of drug-likeness (QED) is 0.374. The number of benzene rings is 3. The van der Waals surface area contributed by atoms with Gasteiger partial charge in [0.25, 0.3) is 0 Å². The van der Waals surface area contributed by atoms with Crippen LogP contribution in [0.5, 0.6) is 11.5 Å². The summed E-state index contributed by atoms with van der Waals surface area (Å²) in [6.45, 7) is 4.73. The molecule has 3 aromatic rings. The number of hydrogen-bond acceptors (Lipinski definition) is 5. The number of nitrogens with one attached hydrogen (secondary N) is 1. The van der Waals surface area contributed by atoms with Gasteiger partial charge in [0.2, 0.25) is 17.7 Å². The van der Waals surface area contributed by atoms with Crippen LogP contribution < -0.4 is 5.32 Å². The summed E-state index contributed by atoms with van der Waals surface area (Å²) in [5.74, 6) is -0.244. The number of fused-ring (bicyclic) bond motifs is 2. The molecule has 3 unspecified atom stereocenters. The molecule has 0 radical (unpaired) electrons. The number of phenols is 2. The van der Waals surface area contributed by atoms with Gasteiger partial charge in [-0.25, -0.2) is 0 Å². The van der Waals surface area contributed by atoms with Crippen LogP contribution in [0.15, 0.2) is 72.8 Å². The molecule has 2 heterocycles. The summed E-state index contributed by atoms with van der Waals surface area (Å²) in [7, 11) is 0. The van der Waals surface area contributed by atoms with Crippen molar-refractivity contribution in [3.05, 3.63) is 95.1 Å². The highest BCUT2D eigenvalue weighted by molar-refractivity contribution is 6.00. The maximum atomic E-state index is 14.3. The molecule has 8 nitrogen and oxygen atoms in total. The lowest BCUT2D eigenvalue weighted by molar-refractivity contribution is -0.168. The third-order valence-corrected chi connectivity index (χ3v) is 8.04. The second kappa shape index (κ2) is 12.0. The molecule has 2 aliphatic heterocycles. The molecular weight excluding hydrogens is 518 g/mol. The van der Waals surface area contributed by atoms with E-state index in [2.05, 4.69) is 5.32 Å². The molecule has 8 heteroatoms. The van der Waals surface area contributed by atoms with E-state index < -0.39 is 18.1 Å². The van der Waals surface area contributed by atoms with Gasteiger partial charge in [0.15, 0.2) is 0 Å². The summed E-state index contributed by atoms with van der Waals surface area (Å²) in [5.41, 5.74) is 3.85. The summed E-state index contributed by atoms with van der Waals surface area (Å²) < 4.78 is 0. The van der Waals surface area contributed by atoms with Crippen LogP contribution in [-0.2, 0) is 40.2 Å². The molecule has 0 aliphatic carbocycles. The minimum absolute atomic E-state index is 0.102. The first-order chi connectivity index (χ1) is 19.7. The first kappa shape index (κ1) is 28.2. The number of hydrogen-bond donors (Lipinski definition) is 3. The van der Waals surface area contributed by atoms with Crippen molar-refractivity contribution in [3.8, 4) is 11.5 Å². The minimum atomic E-state index is -0.847. The molecule has 0 saturated carbocycles. The Hall–Kier alpha value is -4.33. The standard InChI is InChI=1S/C33H37N3O5/c1-21(2)17-28(31(39)34-16-15-22-7-11-26(37)12-8-22)36-30(18-23-9-13-27(38)14-10-23)32(40)35-20-25-6-4-3-5-24(25)19-29(35)33(36)41/h3-14,21,28-30,37-38H,15-20H2,1-2H3,(H,34,39). The van der Waals surface area contributed by atoms with E-state index in [1.165, 1.54) is 0 Å². The van der Waals surface area contributed by atoms with Crippen LogP contribution in [0, 0.1) is 5.92 Å². The Labute approximate surface area is 240 Å². The van der Waals surface area contributed by atoms with E-state index in [1.807, 2.05) is 50.2 Å². The van der Waals surface area contributed by atoms with Gasteiger partial charge in [-0.2, -0.15) is 0 Å². The number of rotatable bonds is 9. The lowest BCUT2D eigenvalue weighted by Gasteiger charge is -2.49. The summed E-state index contributed by atoms with van der Waals surface area (Å²) in [6.07, 6.45) is 1.64. The fourth-order valence-corrected chi connectivity index (χ4v) is 5.93. The lowest BCUT2D eigenvalue weighted by atomic mass is 9.87. The fraction of sp³-hybridized carbons (Fsp3) is 0.364. The molecule has 0 aromatic heterocycles. The van der Waals surface area contributed by atoms with Crippen LogP contribution in [0.3, 0.4) is 0 Å². The van der Waals surface area contributed by atoms with Gasteiger partial charge < -0.3 is 25.3 Å². The van der Waals surface area contributed by atoms with E-state index in [4.69, 9.17) is 0 Å². The van der Waals surface area contributed by atoms with E-state index in [0.29, 0.717) is 32.4 Å². The largest absolute Gasteiger partial charge is 0.508 e. The van der Waals surface area contributed by atoms with Crippen LogP contribution in [-0.4, -0.2) is 62.4 Å². The van der Waals surface area contributed by atoms with E-state index in [9.17, 15) is 24.6 Å². The van der Waals surface area contributed by atoms with E-state index in [0.717, 1.165) is 22.3 Å². The first-order valence-corrected chi connectivity index (χ1v) is 14.2. The summed E-state index contributed by atoms with van der Waals surface area (Å²) >= 11 is 0. The molecule has 3 amide bonds. The van der Waals surface area contributed by atoms with Gasteiger partial charge in [-0.1, -0.05) is 62.4 Å². The normalized spacial score (nSPS) is 19.1. The van der Waals surface area contributed by atoms with Gasteiger partial charge >= 0.3 is 0 Å². The van der Waals surface area contributed by atoms with Crippen molar-refractivity contribution in [2.45, 2.75) is 64.2 Å². The van der Waals surface area contributed by atoms with Crippen LogP contribution in [0.25, 0.3) is 0 Å². The van der Waals surface area contributed by atoms with Crippen LogP contribution in [0.2, 0.25) is 0 Å². The van der Waals surface area contributed by atoms with Crippen LogP contribution in [0.1, 0.15) is 42.5 Å². The molecule has 1 fully saturated rings. The second-order valence-electron chi connectivity index (χ2n) is 11.4. The molecule has 3 N–H and O–H groups in total. The van der Waals surface area contributed by atoms with Crippen molar-refractivity contribution in [1.82, 2.24) is 15.1 Å². The Kier molecular flexibility index (Phi) is 8.28. The van der Waals surface area contributed by atoms with Gasteiger partial charge in [-0.15, -0.1) is 0 Å². The monoisotopic (exact) mass is 555 g/mol.